The summed E-state index contributed by atoms with van der Waals surface area (Å²) in [6.45, 7) is 12.5. The highest BCUT2D eigenvalue weighted by Crippen LogP contribution is 2.53. The fourth-order valence-electron chi connectivity index (χ4n) is 6.42. The lowest BCUT2D eigenvalue weighted by Gasteiger charge is -2.47. The van der Waals surface area contributed by atoms with Crippen LogP contribution in [0, 0.1) is 24.7 Å². The topological polar surface area (TPSA) is 75.7 Å². The van der Waals surface area contributed by atoms with Crippen molar-refractivity contribution < 1.29 is 19.1 Å². The Morgan fingerprint density at radius 1 is 0.850 bits per heavy atom. The van der Waals surface area contributed by atoms with Gasteiger partial charge in [0.15, 0.2) is 18.2 Å². The van der Waals surface area contributed by atoms with Crippen molar-refractivity contribution in [1.29, 1.82) is 0 Å². The number of hydrogen-bond acceptors (Lipinski definition) is 5. The molecule has 0 fully saturated rings. The molecule has 210 valence electrons. The molecule has 2 aromatic rings. The lowest BCUT2D eigenvalue weighted by molar-refractivity contribution is -0.120. The third-order valence-corrected chi connectivity index (χ3v) is 8.55. The summed E-state index contributed by atoms with van der Waals surface area (Å²) >= 11 is 0. The molecule has 0 aromatic heterocycles. The van der Waals surface area contributed by atoms with Gasteiger partial charge >= 0.3 is 0 Å². The molecule has 0 spiro atoms. The molecule has 5 rings (SSSR count). The lowest BCUT2D eigenvalue weighted by atomic mass is 9.64. The van der Waals surface area contributed by atoms with Gasteiger partial charge in [0.2, 0.25) is 0 Å². The van der Waals surface area contributed by atoms with Crippen molar-refractivity contribution in [2.75, 3.05) is 19.0 Å². The molecule has 2 aromatic carbocycles. The molecule has 0 unspecified atom stereocenters. The van der Waals surface area contributed by atoms with Gasteiger partial charge in [0.1, 0.15) is 5.75 Å². The van der Waals surface area contributed by atoms with E-state index in [1.165, 1.54) is 5.56 Å². The quantitative estimate of drug-likeness (QED) is 0.460. The molecule has 6 heteroatoms. The van der Waals surface area contributed by atoms with Gasteiger partial charge in [-0.15, -0.1) is 0 Å². The molecule has 3 aliphatic rings. The number of carbonyl (C=O) groups is 3. The first-order valence-electron chi connectivity index (χ1n) is 14.1. The van der Waals surface area contributed by atoms with Crippen molar-refractivity contribution in [3.8, 4) is 5.75 Å². The Bertz CT molecular complexity index is 1410. The third-order valence-electron chi connectivity index (χ3n) is 8.55. The normalized spacial score (nSPS) is 20.3. The average molecular weight is 541 g/mol. The van der Waals surface area contributed by atoms with E-state index in [1.807, 2.05) is 63.4 Å². The van der Waals surface area contributed by atoms with Crippen LogP contribution in [-0.4, -0.2) is 36.0 Å². The predicted octanol–water partition coefficient (Wildman–Crippen LogP) is 6.64. The van der Waals surface area contributed by atoms with Gasteiger partial charge in [-0.3, -0.25) is 14.4 Å². The van der Waals surface area contributed by atoms with Gasteiger partial charge in [-0.2, -0.15) is 0 Å². The van der Waals surface area contributed by atoms with Gasteiger partial charge in [-0.05, 0) is 78.5 Å². The van der Waals surface area contributed by atoms with Crippen molar-refractivity contribution >= 4 is 23.2 Å². The summed E-state index contributed by atoms with van der Waals surface area (Å²) in [5, 5.41) is 2.88. The fourth-order valence-corrected chi connectivity index (χ4v) is 6.42. The number of ketones is 2. The Morgan fingerprint density at radius 2 is 1.40 bits per heavy atom. The number of amides is 1. The molecular weight excluding hydrogens is 500 g/mol. The van der Waals surface area contributed by atoms with Gasteiger partial charge in [-0.25, -0.2) is 0 Å². The van der Waals surface area contributed by atoms with E-state index in [4.69, 9.17) is 4.74 Å². The summed E-state index contributed by atoms with van der Waals surface area (Å²) in [7, 11) is 2.02. The zero-order valence-corrected chi connectivity index (χ0v) is 24.7. The Morgan fingerprint density at radius 3 is 1.93 bits per heavy atom. The molecule has 0 atom stereocenters. The minimum atomic E-state index is -0.379. The van der Waals surface area contributed by atoms with Crippen LogP contribution in [0.4, 0.5) is 5.69 Å². The minimum absolute atomic E-state index is 0.119. The second kappa shape index (κ2) is 10.1. The number of anilines is 1. The van der Waals surface area contributed by atoms with Crippen molar-refractivity contribution in [3.05, 3.63) is 81.7 Å². The van der Waals surface area contributed by atoms with Crippen LogP contribution in [0.3, 0.4) is 0 Å². The summed E-state index contributed by atoms with van der Waals surface area (Å²) in [6.07, 6.45) is 2.52. The Balaban J connectivity index is 1.41. The number of rotatable bonds is 5. The van der Waals surface area contributed by atoms with Crippen molar-refractivity contribution in [1.82, 2.24) is 4.90 Å². The summed E-state index contributed by atoms with van der Waals surface area (Å²) in [5.74, 6) is 0.183. The number of ether oxygens (including phenoxy) is 1. The predicted molar refractivity (Wildman–Crippen MR) is 157 cm³/mol. The van der Waals surface area contributed by atoms with Gasteiger partial charge in [-0.1, -0.05) is 45.9 Å². The van der Waals surface area contributed by atoms with Crippen LogP contribution in [0.5, 0.6) is 5.75 Å². The van der Waals surface area contributed by atoms with Crippen LogP contribution in [0.25, 0.3) is 0 Å². The first kappa shape index (κ1) is 27.9. The second-order valence-electron chi connectivity index (χ2n) is 13.3. The number of Topliss-reactive ketones (excluding diaryl/α,β-unsaturated/α-hetero) is 2. The number of carbonyl (C=O) groups excluding carboxylic acids is 3. The molecule has 6 nitrogen and oxygen atoms in total. The van der Waals surface area contributed by atoms with E-state index in [0.29, 0.717) is 18.6 Å². The molecule has 0 bridgehead atoms. The molecule has 40 heavy (non-hydrogen) atoms. The molecule has 1 aliphatic heterocycles. The van der Waals surface area contributed by atoms with Crippen LogP contribution in [0.1, 0.15) is 76.0 Å². The zero-order chi connectivity index (χ0) is 29.0. The molecule has 0 saturated carbocycles. The van der Waals surface area contributed by atoms with Crippen molar-refractivity contribution in [2.45, 2.75) is 73.1 Å². The molecule has 2 aliphatic carbocycles. The maximum Gasteiger partial charge on any atom is 0.262 e. The number of allylic oxidation sites excluding steroid dienone is 4. The smallest absolute Gasteiger partial charge is 0.262 e. The van der Waals surface area contributed by atoms with Crippen molar-refractivity contribution in [3.63, 3.8) is 0 Å². The first-order valence-corrected chi connectivity index (χ1v) is 14.1. The number of benzene rings is 2. The van der Waals surface area contributed by atoms with E-state index in [1.54, 1.807) is 0 Å². The number of hydrogen-bond donors (Lipinski definition) is 1. The highest BCUT2D eigenvalue weighted by atomic mass is 16.5. The average Bonchev–Trinajstić information content (AvgIpc) is 2.85. The Labute approximate surface area is 237 Å². The van der Waals surface area contributed by atoms with Crippen molar-refractivity contribution in [2.24, 2.45) is 10.8 Å². The van der Waals surface area contributed by atoms with Crippen LogP contribution in [-0.2, 0) is 14.4 Å². The van der Waals surface area contributed by atoms with E-state index in [-0.39, 0.29) is 40.8 Å². The molecule has 0 radical (unpaired) electrons. The SMILES string of the molecule is Cc1ccc(NC(=O)COc2ccc(C3C4=C(CC(C)(C)CC4=O)N(C)C4=C3C(=O)CC(C)(C)C4)cc2)cc1C. The van der Waals surface area contributed by atoms with Crippen LogP contribution >= 0.6 is 0 Å². The molecular formula is C34H40N2O4. The maximum atomic E-state index is 13.6. The van der Waals surface area contributed by atoms with Crippen LogP contribution in [0.15, 0.2) is 65.0 Å². The summed E-state index contributed by atoms with van der Waals surface area (Å²) < 4.78 is 5.79. The van der Waals surface area contributed by atoms with E-state index in [2.05, 4.69) is 37.9 Å². The zero-order valence-electron chi connectivity index (χ0n) is 24.7. The van der Waals surface area contributed by atoms with Gasteiger partial charge in [0.05, 0.1) is 0 Å². The molecule has 0 saturated heterocycles. The minimum Gasteiger partial charge on any atom is -0.484 e. The van der Waals surface area contributed by atoms with E-state index >= 15 is 0 Å². The Kier molecular flexibility index (Phi) is 7.01. The largest absolute Gasteiger partial charge is 0.484 e. The summed E-state index contributed by atoms with van der Waals surface area (Å²) in [6, 6.07) is 13.3. The van der Waals surface area contributed by atoms with Crippen LogP contribution < -0.4 is 10.1 Å². The monoisotopic (exact) mass is 540 g/mol. The molecule has 1 N–H and O–H groups in total. The van der Waals surface area contributed by atoms with Gasteiger partial charge in [0, 0.05) is 54.0 Å². The second-order valence-corrected chi connectivity index (χ2v) is 13.3. The van der Waals surface area contributed by atoms with E-state index in [9.17, 15) is 14.4 Å². The highest BCUT2D eigenvalue weighted by molar-refractivity contribution is 6.06. The highest BCUT2D eigenvalue weighted by Gasteiger charge is 2.48. The van der Waals surface area contributed by atoms with Gasteiger partial charge < -0.3 is 15.0 Å². The third kappa shape index (κ3) is 5.36. The lowest BCUT2D eigenvalue weighted by Crippen LogP contribution is -2.43. The van der Waals surface area contributed by atoms with Crippen LogP contribution in [0.2, 0.25) is 0 Å². The van der Waals surface area contributed by atoms with Gasteiger partial charge in [0.25, 0.3) is 5.91 Å². The number of aryl methyl sites for hydroxylation is 2. The first-order chi connectivity index (χ1) is 18.7. The maximum absolute atomic E-state index is 13.6. The fraction of sp³-hybridized carbons (Fsp3) is 0.441. The molecule has 1 amide bonds. The van der Waals surface area contributed by atoms with E-state index < -0.39 is 0 Å². The summed E-state index contributed by atoms with van der Waals surface area (Å²) in [4.78, 5) is 41.9. The molecule has 1 heterocycles. The number of nitrogens with one attached hydrogen (secondary N) is 1. The standard InChI is InChI=1S/C34H40N2O4/c1-20-8-11-23(14-21(20)2)35-29(39)19-40-24-12-9-22(10-13-24)30-31-25(15-33(3,4)17-27(31)37)36(7)26-16-34(5,6)18-28(38)32(26)30/h8-14,30H,15-19H2,1-7H3,(H,35,39). The van der Waals surface area contributed by atoms with E-state index in [0.717, 1.165) is 52.2 Å². The number of nitrogens with zero attached hydrogens (tertiary/aromatic N) is 1. The summed E-state index contributed by atoms with van der Waals surface area (Å²) in [5.41, 5.74) is 7.27. The Hall–Kier alpha value is -3.67.